The molecule has 0 fully saturated rings. The molecule has 0 aliphatic rings. The van der Waals surface area contributed by atoms with E-state index in [0.717, 1.165) is 5.56 Å². The van der Waals surface area contributed by atoms with Crippen LogP contribution < -0.4 is 5.32 Å². The van der Waals surface area contributed by atoms with Crippen LogP contribution in [0.15, 0.2) is 18.5 Å². The SMILES string of the molecule is Cn1cc(/C=C/C(=O)NC(CC(=O)O)C(C)(C)C)cn1. The first kappa shape index (κ1) is 15.9. The number of carbonyl (C=O) groups is 2. The molecule has 0 spiro atoms. The van der Waals surface area contributed by atoms with Crippen molar-refractivity contribution in [3.05, 3.63) is 24.0 Å². The maximum atomic E-state index is 11.8. The molecule has 0 radical (unpaired) electrons. The molecule has 0 aliphatic carbocycles. The zero-order valence-electron chi connectivity index (χ0n) is 12.3. The van der Waals surface area contributed by atoms with Gasteiger partial charge in [-0.15, -0.1) is 0 Å². The Hall–Kier alpha value is -2.11. The Morgan fingerprint density at radius 2 is 2.15 bits per heavy atom. The van der Waals surface area contributed by atoms with Gasteiger partial charge in [0.05, 0.1) is 12.6 Å². The van der Waals surface area contributed by atoms with Crippen molar-refractivity contribution in [1.29, 1.82) is 0 Å². The summed E-state index contributed by atoms with van der Waals surface area (Å²) in [5.41, 5.74) is 0.490. The van der Waals surface area contributed by atoms with E-state index in [2.05, 4.69) is 10.4 Å². The highest BCUT2D eigenvalue weighted by molar-refractivity contribution is 5.92. The van der Waals surface area contributed by atoms with Gasteiger partial charge in [0.25, 0.3) is 0 Å². The number of carboxylic acid groups (broad SMARTS) is 1. The summed E-state index contributed by atoms with van der Waals surface area (Å²) in [6.07, 6.45) is 6.35. The van der Waals surface area contributed by atoms with Crippen molar-refractivity contribution in [3.8, 4) is 0 Å². The minimum atomic E-state index is -0.929. The molecule has 1 aromatic rings. The fourth-order valence-electron chi connectivity index (χ4n) is 1.67. The van der Waals surface area contributed by atoms with Crippen LogP contribution >= 0.6 is 0 Å². The summed E-state index contributed by atoms with van der Waals surface area (Å²) in [5, 5.41) is 15.6. The standard InChI is InChI=1S/C14H21N3O3/c1-14(2,3)11(7-13(19)20)16-12(18)6-5-10-8-15-17(4)9-10/h5-6,8-9,11H,7H2,1-4H3,(H,16,18)(H,19,20)/b6-5+. The molecule has 0 saturated carbocycles. The van der Waals surface area contributed by atoms with E-state index in [-0.39, 0.29) is 17.7 Å². The van der Waals surface area contributed by atoms with Crippen LogP contribution in [0.4, 0.5) is 0 Å². The van der Waals surface area contributed by atoms with Crippen molar-refractivity contribution in [3.63, 3.8) is 0 Å². The van der Waals surface area contributed by atoms with Gasteiger partial charge in [0.2, 0.25) is 5.91 Å². The molecule has 0 aliphatic heterocycles. The highest BCUT2D eigenvalue weighted by atomic mass is 16.4. The number of aryl methyl sites for hydroxylation is 1. The Kier molecular flexibility index (Phi) is 5.07. The van der Waals surface area contributed by atoms with Gasteiger partial charge in [0.1, 0.15) is 0 Å². The smallest absolute Gasteiger partial charge is 0.305 e. The number of aromatic nitrogens is 2. The van der Waals surface area contributed by atoms with Crippen molar-refractivity contribution >= 4 is 18.0 Å². The van der Waals surface area contributed by atoms with Crippen LogP contribution in [0.3, 0.4) is 0 Å². The van der Waals surface area contributed by atoms with Crippen molar-refractivity contribution in [2.75, 3.05) is 0 Å². The van der Waals surface area contributed by atoms with Gasteiger partial charge in [-0.25, -0.2) is 0 Å². The van der Waals surface area contributed by atoms with Crippen molar-refractivity contribution in [1.82, 2.24) is 15.1 Å². The van der Waals surface area contributed by atoms with E-state index in [4.69, 9.17) is 5.11 Å². The monoisotopic (exact) mass is 279 g/mol. The first-order valence-corrected chi connectivity index (χ1v) is 6.37. The fraction of sp³-hybridized carbons (Fsp3) is 0.500. The molecule has 1 rings (SSSR count). The molecule has 0 aromatic carbocycles. The van der Waals surface area contributed by atoms with Crippen LogP contribution in [0.25, 0.3) is 6.08 Å². The van der Waals surface area contributed by atoms with E-state index >= 15 is 0 Å². The number of hydrogen-bond acceptors (Lipinski definition) is 3. The Labute approximate surface area is 118 Å². The highest BCUT2D eigenvalue weighted by Crippen LogP contribution is 2.21. The Bertz CT molecular complexity index is 512. The summed E-state index contributed by atoms with van der Waals surface area (Å²) in [4.78, 5) is 22.7. The first-order valence-electron chi connectivity index (χ1n) is 6.37. The first-order chi connectivity index (χ1) is 9.18. The molecule has 1 amide bonds. The predicted molar refractivity (Wildman–Crippen MR) is 75.9 cm³/mol. The quantitative estimate of drug-likeness (QED) is 0.799. The van der Waals surface area contributed by atoms with Crippen molar-refractivity contribution < 1.29 is 14.7 Å². The van der Waals surface area contributed by atoms with E-state index < -0.39 is 12.0 Å². The third-order valence-electron chi connectivity index (χ3n) is 2.89. The predicted octanol–water partition coefficient (Wildman–Crippen LogP) is 1.44. The lowest BCUT2D eigenvalue weighted by Crippen LogP contribution is -2.44. The Morgan fingerprint density at radius 3 is 2.60 bits per heavy atom. The number of rotatable bonds is 5. The molecule has 6 heteroatoms. The van der Waals surface area contributed by atoms with Gasteiger partial charge in [0, 0.05) is 30.9 Å². The minimum Gasteiger partial charge on any atom is -0.481 e. The number of carboxylic acids is 1. The van der Waals surface area contributed by atoms with Gasteiger partial charge in [-0.3, -0.25) is 14.3 Å². The number of nitrogens with one attached hydrogen (secondary N) is 1. The largest absolute Gasteiger partial charge is 0.481 e. The molecule has 0 bridgehead atoms. The van der Waals surface area contributed by atoms with E-state index in [1.165, 1.54) is 6.08 Å². The number of aliphatic carboxylic acids is 1. The van der Waals surface area contributed by atoms with Crippen LogP contribution in [-0.4, -0.2) is 32.8 Å². The molecule has 0 saturated heterocycles. The fourth-order valence-corrected chi connectivity index (χ4v) is 1.67. The molecule has 1 heterocycles. The summed E-state index contributed by atoms with van der Waals surface area (Å²) in [5.74, 6) is -1.24. The number of hydrogen-bond donors (Lipinski definition) is 2. The van der Waals surface area contributed by atoms with Crippen molar-refractivity contribution in [2.45, 2.75) is 33.2 Å². The maximum Gasteiger partial charge on any atom is 0.305 e. The summed E-state index contributed by atoms with van der Waals surface area (Å²) < 4.78 is 1.64. The van der Waals surface area contributed by atoms with Gasteiger partial charge < -0.3 is 10.4 Å². The van der Waals surface area contributed by atoms with Crippen LogP contribution in [0, 0.1) is 5.41 Å². The third-order valence-corrected chi connectivity index (χ3v) is 2.89. The van der Waals surface area contributed by atoms with Crippen molar-refractivity contribution in [2.24, 2.45) is 12.5 Å². The van der Waals surface area contributed by atoms with Crippen LogP contribution in [-0.2, 0) is 16.6 Å². The van der Waals surface area contributed by atoms with Crippen LogP contribution in [0.2, 0.25) is 0 Å². The molecule has 6 nitrogen and oxygen atoms in total. The second-order valence-corrected chi connectivity index (χ2v) is 5.81. The van der Waals surface area contributed by atoms with Crippen LogP contribution in [0.1, 0.15) is 32.8 Å². The average molecular weight is 279 g/mol. The lowest BCUT2D eigenvalue weighted by Gasteiger charge is -2.29. The lowest BCUT2D eigenvalue weighted by atomic mass is 9.84. The van der Waals surface area contributed by atoms with Gasteiger partial charge >= 0.3 is 5.97 Å². The summed E-state index contributed by atoms with van der Waals surface area (Å²) in [6.45, 7) is 5.68. The molecule has 20 heavy (non-hydrogen) atoms. The number of nitrogens with zero attached hydrogens (tertiary/aromatic N) is 2. The van der Waals surface area contributed by atoms with E-state index in [1.807, 2.05) is 20.8 Å². The zero-order chi connectivity index (χ0) is 15.3. The normalized spacial score (nSPS) is 13.4. The Morgan fingerprint density at radius 1 is 1.50 bits per heavy atom. The Balaban J connectivity index is 2.66. The second-order valence-electron chi connectivity index (χ2n) is 5.81. The van der Waals surface area contributed by atoms with Gasteiger partial charge in [-0.2, -0.15) is 5.10 Å². The second kappa shape index (κ2) is 6.36. The maximum absolute atomic E-state index is 11.8. The highest BCUT2D eigenvalue weighted by Gasteiger charge is 2.27. The third kappa shape index (κ3) is 5.26. The van der Waals surface area contributed by atoms with Crippen LogP contribution in [0.5, 0.6) is 0 Å². The lowest BCUT2D eigenvalue weighted by molar-refractivity contribution is -0.138. The molecule has 1 atom stereocenters. The molecule has 1 unspecified atom stereocenters. The molecule has 110 valence electrons. The van der Waals surface area contributed by atoms with E-state index in [1.54, 1.807) is 30.2 Å². The van der Waals surface area contributed by atoms with E-state index in [0.29, 0.717) is 0 Å². The number of carbonyl (C=O) groups excluding carboxylic acids is 1. The molecular weight excluding hydrogens is 258 g/mol. The molecular formula is C14H21N3O3. The van der Waals surface area contributed by atoms with Gasteiger partial charge in [0.15, 0.2) is 0 Å². The summed E-state index contributed by atoms with van der Waals surface area (Å²) in [6, 6.07) is -0.425. The minimum absolute atomic E-state index is 0.101. The average Bonchev–Trinajstić information content (AvgIpc) is 2.70. The zero-order valence-corrected chi connectivity index (χ0v) is 12.3. The molecule has 2 N–H and O–H groups in total. The van der Waals surface area contributed by atoms with Gasteiger partial charge in [-0.05, 0) is 11.5 Å². The molecule has 1 aromatic heterocycles. The van der Waals surface area contributed by atoms with Gasteiger partial charge in [-0.1, -0.05) is 20.8 Å². The van der Waals surface area contributed by atoms with E-state index in [9.17, 15) is 9.59 Å². The summed E-state index contributed by atoms with van der Waals surface area (Å²) in [7, 11) is 1.79. The topological polar surface area (TPSA) is 84.2 Å². The summed E-state index contributed by atoms with van der Waals surface area (Å²) >= 11 is 0. The number of amides is 1.